The molecule has 5 nitrogen and oxygen atoms in total. The summed E-state index contributed by atoms with van der Waals surface area (Å²) in [5.41, 5.74) is 6.85. The Labute approximate surface area is 223 Å². The van der Waals surface area contributed by atoms with E-state index in [4.69, 9.17) is 9.47 Å². The summed E-state index contributed by atoms with van der Waals surface area (Å²) in [6.07, 6.45) is 1.20. The van der Waals surface area contributed by atoms with Crippen LogP contribution in [0.25, 0.3) is 0 Å². The van der Waals surface area contributed by atoms with Gasteiger partial charge in [0, 0.05) is 23.3 Å². The van der Waals surface area contributed by atoms with Crippen molar-refractivity contribution < 1.29 is 14.3 Å². The zero-order valence-corrected chi connectivity index (χ0v) is 21.3. The maximum atomic E-state index is 13.9. The predicted octanol–water partition coefficient (Wildman–Crippen LogP) is 7.25. The summed E-state index contributed by atoms with van der Waals surface area (Å²) >= 11 is 0. The van der Waals surface area contributed by atoms with Crippen LogP contribution in [-0.4, -0.2) is 12.9 Å². The Morgan fingerprint density at radius 1 is 0.789 bits per heavy atom. The summed E-state index contributed by atoms with van der Waals surface area (Å²) in [4.78, 5) is 13.9. The lowest BCUT2D eigenvalue weighted by atomic mass is 9.78. The van der Waals surface area contributed by atoms with Crippen LogP contribution in [-0.2, 0) is 11.4 Å². The number of Topliss-reactive ketones (excluding diaryl/α,β-unsaturated/α-hetero) is 1. The third-order valence-electron chi connectivity index (χ3n) is 7.36. The highest BCUT2D eigenvalue weighted by molar-refractivity contribution is 6.01. The first-order valence-corrected chi connectivity index (χ1v) is 13.0. The van der Waals surface area contributed by atoms with Crippen LogP contribution < -0.4 is 20.1 Å². The van der Waals surface area contributed by atoms with Gasteiger partial charge >= 0.3 is 0 Å². The number of carbonyl (C=O) groups is 1. The molecule has 0 saturated carbocycles. The number of anilines is 2. The van der Waals surface area contributed by atoms with Gasteiger partial charge in [0.15, 0.2) is 5.78 Å². The van der Waals surface area contributed by atoms with Gasteiger partial charge in [-0.05, 0) is 53.8 Å². The normalized spacial score (nSPS) is 18.4. The second-order valence-electron chi connectivity index (χ2n) is 9.75. The molecule has 1 aliphatic carbocycles. The summed E-state index contributed by atoms with van der Waals surface area (Å²) < 4.78 is 11.7. The molecular weight excluding hydrogens is 472 g/mol. The summed E-state index contributed by atoms with van der Waals surface area (Å²) in [5, 5.41) is 7.30. The van der Waals surface area contributed by atoms with E-state index in [9.17, 15) is 4.79 Å². The van der Waals surface area contributed by atoms with Crippen LogP contribution >= 0.6 is 0 Å². The number of carbonyl (C=O) groups excluding carboxylic acids is 1. The van der Waals surface area contributed by atoms with Crippen molar-refractivity contribution >= 4 is 17.2 Å². The number of para-hydroxylation sites is 3. The molecule has 4 aromatic carbocycles. The lowest BCUT2D eigenvalue weighted by Gasteiger charge is -2.30. The largest absolute Gasteiger partial charge is 0.497 e. The zero-order valence-electron chi connectivity index (χ0n) is 21.3. The molecule has 1 heterocycles. The van der Waals surface area contributed by atoms with Gasteiger partial charge in [-0.2, -0.15) is 0 Å². The van der Waals surface area contributed by atoms with Crippen LogP contribution in [0.5, 0.6) is 11.5 Å². The minimum absolute atomic E-state index is 0.0927. The minimum Gasteiger partial charge on any atom is -0.497 e. The van der Waals surface area contributed by atoms with E-state index in [2.05, 4.69) is 47.0 Å². The number of rotatable bonds is 6. The molecule has 0 unspecified atom stereocenters. The van der Waals surface area contributed by atoms with Crippen molar-refractivity contribution in [3.05, 3.63) is 131 Å². The Morgan fingerprint density at radius 2 is 1.50 bits per heavy atom. The third kappa shape index (κ3) is 4.75. The van der Waals surface area contributed by atoms with Gasteiger partial charge in [-0.3, -0.25) is 4.79 Å². The van der Waals surface area contributed by atoms with E-state index in [0.29, 0.717) is 13.0 Å². The molecule has 38 heavy (non-hydrogen) atoms. The Hall–Kier alpha value is -4.51. The SMILES string of the molecule is COc1ccc([C@@H]2CC(=O)C3=C(C2)Nc2ccccc2N[C@@H]3c2ccccc2OCc2ccccc2)cc1. The minimum atomic E-state index is -0.336. The van der Waals surface area contributed by atoms with E-state index in [-0.39, 0.29) is 17.7 Å². The zero-order chi connectivity index (χ0) is 25.9. The molecule has 190 valence electrons. The summed E-state index contributed by atoms with van der Waals surface area (Å²) in [6, 6.07) is 34.0. The number of allylic oxidation sites excluding steroid dienone is 1. The Kier molecular flexibility index (Phi) is 6.57. The molecule has 0 bridgehead atoms. The van der Waals surface area contributed by atoms with Gasteiger partial charge < -0.3 is 20.1 Å². The second kappa shape index (κ2) is 10.5. The number of benzene rings is 4. The maximum Gasteiger partial charge on any atom is 0.163 e. The van der Waals surface area contributed by atoms with Crippen molar-refractivity contribution in [1.29, 1.82) is 0 Å². The first-order valence-electron chi connectivity index (χ1n) is 13.0. The fraction of sp³-hybridized carbons (Fsp3) is 0.182. The van der Waals surface area contributed by atoms with Crippen LogP contribution in [0.4, 0.5) is 11.4 Å². The van der Waals surface area contributed by atoms with Crippen LogP contribution in [0.2, 0.25) is 0 Å². The van der Waals surface area contributed by atoms with Gasteiger partial charge in [0.05, 0.1) is 24.5 Å². The van der Waals surface area contributed by atoms with Crippen molar-refractivity contribution in [2.75, 3.05) is 17.7 Å². The molecule has 1 aliphatic heterocycles. The molecule has 0 radical (unpaired) electrons. The van der Waals surface area contributed by atoms with Crippen LogP contribution in [0.15, 0.2) is 114 Å². The quantitative estimate of drug-likeness (QED) is 0.291. The van der Waals surface area contributed by atoms with Crippen LogP contribution in [0.1, 0.15) is 41.5 Å². The molecule has 0 saturated heterocycles. The van der Waals surface area contributed by atoms with E-state index in [0.717, 1.165) is 57.3 Å². The topological polar surface area (TPSA) is 59.6 Å². The lowest BCUT2D eigenvalue weighted by Crippen LogP contribution is -2.27. The maximum absolute atomic E-state index is 13.9. The number of ether oxygens (including phenoxy) is 2. The van der Waals surface area contributed by atoms with Gasteiger partial charge in [-0.15, -0.1) is 0 Å². The molecule has 2 N–H and O–H groups in total. The van der Waals surface area contributed by atoms with E-state index >= 15 is 0 Å². The monoisotopic (exact) mass is 502 g/mol. The summed E-state index contributed by atoms with van der Waals surface area (Å²) in [6.45, 7) is 0.457. The smallest absolute Gasteiger partial charge is 0.163 e. The molecule has 0 amide bonds. The van der Waals surface area contributed by atoms with E-state index in [1.807, 2.05) is 66.7 Å². The Balaban J connectivity index is 1.39. The highest BCUT2D eigenvalue weighted by Crippen LogP contribution is 2.46. The number of ketones is 1. The van der Waals surface area contributed by atoms with Crippen molar-refractivity contribution in [2.45, 2.75) is 31.4 Å². The van der Waals surface area contributed by atoms with Gasteiger partial charge in [-0.1, -0.05) is 72.8 Å². The summed E-state index contributed by atoms with van der Waals surface area (Å²) in [5.74, 6) is 1.82. The number of hydrogen-bond donors (Lipinski definition) is 2. The number of fused-ring (bicyclic) bond motifs is 1. The highest BCUT2D eigenvalue weighted by atomic mass is 16.5. The van der Waals surface area contributed by atoms with Gasteiger partial charge in [-0.25, -0.2) is 0 Å². The number of methoxy groups -OCH3 is 1. The Bertz CT molecular complexity index is 1480. The molecule has 4 aromatic rings. The van der Waals surface area contributed by atoms with E-state index in [1.165, 1.54) is 0 Å². The fourth-order valence-corrected chi connectivity index (χ4v) is 5.42. The molecular formula is C33H30N2O3. The fourth-order valence-electron chi connectivity index (χ4n) is 5.42. The van der Waals surface area contributed by atoms with Gasteiger partial charge in [0.25, 0.3) is 0 Å². The first-order chi connectivity index (χ1) is 18.7. The Morgan fingerprint density at radius 3 is 2.29 bits per heavy atom. The number of hydrogen-bond acceptors (Lipinski definition) is 5. The molecule has 0 aromatic heterocycles. The van der Waals surface area contributed by atoms with E-state index in [1.54, 1.807) is 7.11 Å². The average Bonchev–Trinajstić information content (AvgIpc) is 3.14. The second-order valence-corrected chi connectivity index (χ2v) is 9.75. The molecule has 2 aliphatic rings. The average molecular weight is 503 g/mol. The standard InChI is InChI=1S/C33H30N2O3/c1-37-25-17-15-23(16-18-25)24-19-29-32(30(36)20-24)33(35-28-13-7-6-12-27(28)34-29)26-11-5-8-14-31(26)38-21-22-9-3-2-4-10-22/h2-18,24,33-35H,19-21H2,1H3/t24-,33+/m0/s1. The molecule has 0 spiro atoms. The van der Waals surface area contributed by atoms with Crippen molar-refractivity contribution in [3.8, 4) is 11.5 Å². The van der Waals surface area contributed by atoms with Crippen LogP contribution in [0.3, 0.4) is 0 Å². The first kappa shape index (κ1) is 23.9. The molecule has 5 heteroatoms. The van der Waals surface area contributed by atoms with Crippen molar-refractivity contribution in [1.82, 2.24) is 0 Å². The van der Waals surface area contributed by atoms with Gasteiger partial charge in [0.1, 0.15) is 18.1 Å². The van der Waals surface area contributed by atoms with Crippen molar-refractivity contribution in [2.24, 2.45) is 0 Å². The number of nitrogens with one attached hydrogen (secondary N) is 2. The molecule has 6 rings (SSSR count). The summed E-state index contributed by atoms with van der Waals surface area (Å²) in [7, 11) is 1.66. The lowest BCUT2D eigenvalue weighted by molar-refractivity contribution is -0.116. The third-order valence-corrected chi connectivity index (χ3v) is 7.36. The molecule has 0 fully saturated rings. The molecule has 2 atom stereocenters. The van der Waals surface area contributed by atoms with E-state index < -0.39 is 0 Å². The van der Waals surface area contributed by atoms with Crippen LogP contribution in [0, 0.1) is 0 Å². The predicted molar refractivity (Wildman–Crippen MR) is 151 cm³/mol. The highest BCUT2D eigenvalue weighted by Gasteiger charge is 2.37. The van der Waals surface area contributed by atoms with Crippen molar-refractivity contribution in [3.63, 3.8) is 0 Å². The van der Waals surface area contributed by atoms with Gasteiger partial charge in [0.2, 0.25) is 0 Å².